The quantitative estimate of drug-likeness (QED) is 0.507. The Hall–Kier alpha value is -1.30. The Morgan fingerprint density at radius 2 is 2.13 bits per heavy atom. The lowest BCUT2D eigenvalue weighted by Gasteiger charge is -2.15. The summed E-state index contributed by atoms with van der Waals surface area (Å²) in [6, 6.07) is 0. The van der Waals surface area contributed by atoms with Gasteiger partial charge in [0.15, 0.2) is 5.16 Å². The van der Waals surface area contributed by atoms with E-state index in [1.165, 1.54) is 24.6 Å². The summed E-state index contributed by atoms with van der Waals surface area (Å²) in [5.74, 6) is 0.555. The van der Waals surface area contributed by atoms with E-state index in [-0.39, 0.29) is 11.5 Å². The first-order valence-electron chi connectivity index (χ1n) is 8.42. The van der Waals surface area contributed by atoms with Crippen molar-refractivity contribution >= 4 is 17.7 Å². The predicted molar refractivity (Wildman–Crippen MR) is 96.0 cm³/mol. The van der Waals surface area contributed by atoms with Crippen LogP contribution in [0.1, 0.15) is 57.2 Å². The van der Waals surface area contributed by atoms with E-state index >= 15 is 0 Å². The van der Waals surface area contributed by atoms with Gasteiger partial charge in [-0.1, -0.05) is 44.9 Å². The van der Waals surface area contributed by atoms with Crippen LogP contribution in [0.5, 0.6) is 0 Å². The van der Waals surface area contributed by atoms with E-state index in [1.807, 2.05) is 13.2 Å². The van der Waals surface area contributed by atoms with Gasteiger partial charge in [0.25, 0.3) is 5.56 Å². The molecule has 0 fully saturated rings. The first-order chi connectivity index (χ1) is 11.0. The van der Waals surface area contributed by atoms with Crippen LogP contribution in [0.2, 0.25) is 0 Å². The van der Waals surface area contributed by atoms with Gasteiger partial charge in [-0.05, 0) is 31.9 Å². The van der Waals surface area contributed by atoms with E-state index in [0.717, 1.165) is 19.4 Å². The molecule has 6 heteroatoms. The van der Waals surface area contributed by atoms with E-state index in [1.54, 1.807) is 0 Å². The van der Waals surface area contributed by atoms with Crippen LogP contribution in [0.3, 0.4) is 0 Å². The van der Waals surface area contributed by atoms with Crippen molar-refractivity contribution in [1.29, 1.82) is 0 Å². The number of amides is 1. The molecular weight excluding hydrogens is 310 g/mol. The molecule has 0 spiro atoms. The highest BCUT2D eigenvalue weighted by Crippen LogP contribution is 2.12. The van der Waals surface area contributed by atoms with Crippen molar-refractivity contribution in [3.63, 3.8) is 0 Å². The fraction of sp³-hybridized carbons (Fsp3) is 0.706. The minimum atomic E-state index is -0.135. The summed E-state index contributed by atoms with van der Waals surface area (Å²) in [7, 11) is 0. The van der Waals surface area contributed by atoms with Gasteiger partial charge in [0.1, 0.15) is 0 Å². The topological polar surface area (TPSA) is 74.8 Å². The Morgan fingerprint density at radius 1 is 1.39 bits per heavy atom. The second-order valence-corrected chi connectivity index (χ2v) is 6.65. The lowest BCUT2D eigenvalue weighted by atomic mass is 9.99. The van der Waals surface area contributed by atoms with Crippen molar-refractivity contribution in [2.24, 2.45) is 5.92 Å². The van der Waals surface area contributed by atoms with Gasteiger partial charge in [0.05, 0.1) is 0 Å². The number of unbranched alkanes of at least 4 members (excludes halogenated alkanes) is 1. The zero-order chi connectivity index (χ0) is 17.2. The Morgan fingerprint density at radius 3 is 2.70 bits per heavy atom. The standard InChI is InChI=1S/C17H29N3O2S/c1-5-7-8-13(6-2)11-18-15(21)10-9-14-12(3)19-17(23-4)20-16(14)22/h13H,5-11H2,1-4H3,(H,18,21)(H,19,20,22). The number of thioether (sulfide) groups is 1. The molecule has 1 aromatic heterocycles. The highest BCUT2D eigenvalue weighted by molar-refractivity contribution is 7.98. The van der Waals surface area contributed by atoms with Gasteiger partial charge in [0, 0.05) is 24.2 Å². The van der Waals surface area contributed by atoms with Gasteiger partial charge >= 0.3 is 0 Å². The number of nitrogens with zero attached hydrogens (tertiary/aromatic N) is 1. The first-order valence-corrected chi connectivity index (χ1v) is 9.64. The molecule has 1 unspecified atom stereocenters. The van der Waals surface area contributed by atoms with Crippen LogP contribution in [-0.2, 0) is 11.2 Å². The van der Waals surface area contributed by atoms with Gasteiger partial charge < -0.3 is 10.3 Å². The summed E-state index contributed by atoms with van der Waals surface area (Å²) in [5.41, 5.74) is 1.18. The molecule has 0 aliphatic rings. The normalized spacial score (nSPS) is 12.2. The summed E-state index contributed by atoms with van der Waals surface area (Å²) in [6.45, 7) is 6.89. The molecule has 0 aliphatic heterocycles. The summed E-state index contributed by atoms with van der Waals surface area (Å²) >= 11 is 1.40. The van der Waals surface area contributed by atoms with Crippen LogP contribution in [0.4, 0.5) is 0 Å². The number of rotatable bonds is 10. The molecule has 0 radical (unpaired) electrons. The zero-order valence-electron chi connectivity index (χ0n) is 14.7. The van der Waals surface area contributed by atoms with E-state index < -0.39 is 0 Å². The summed E-state index contributed by atoms with van der Waals surface area (Å²) < 4.78 is 0. The molecular formula is C17H29N3O2S. The van der Waals surface area contributed by atoms with Crippen molar-refractivity contribution in [3.05, 3.63) is 21.6 Å². The maximum absolute atomic E-state index is 12.0. The van der Waals surface area contributed by atoms with Crippen LogP contribution in [0.15, 0.2) is 9.95 Å². The van der Waals surface area contributed by atoms with Gasteiger partial charge in [-0.15, -0.1) is 0 Å². The molecule has 0 bridgehead atoms. The largest absolute Gasteiger partial charge is 0.356 e. The van der Waals surface area contributed by atoms with Gasteiger partial charge in [-0.3, -0.25) is 9.59 Å². The molecule has 0 aliphatic carbocycles. The molecule has 1 amide bonds. The van der Waals surface area contributed by atoms with Crippen LogP contribution in [0.25, 0.3) is 0 Å². The fourth-order valence-corrected chi connectivity index (χ4v) is 2.93. The highest BCUT2D eigenvalue weighted by atomic mass is 32.2. The monoisotopic (exact) mass is 339 g/mol. The number of aromatic nitrogens is 2. The Balaban J connectivity index is 2.49. The fourth-order valence-electron chi connectivity index (χ4n) is 2.50. The number of hydrogen-bond acceptors (Lipinski definition) is 4. The summed E-state index contributed by atoms with van der Waals surface area (Å²) in [6.07, 6.45) is 7.26. The van der Waals surface area contributed by atoms with Crippen molar-refractivity contribution in [2.45, 2.75) is 64.5 Å². The Labute approximate surface area is 143 Å². The number of carbonyl (C=O) groups excluding carboxylic acids is 1. The van der Waals surface area contributed by atoms with Crippen molar-refractivity contribution < 1.29 is 4.79 Å². The molecule has 23 heavy (non-hydrogen) atoms. The molecule has 1 atom stereocenters. The number of aryl methyl sites for hydroxylation is 1. The molecule has 0 saturated heterocycles. The minimum Gasteiger partial charge on any atom is -0.356 e. The first kappa shape index (κ1) is 19.7. The third-order valence-corrected chi connectivity index (χ3v) is 4.71. The predicted octanol–water partition coefficient (Wildman–Crippen LogP) is 3.07. The molecule has 0 aromatic carbocycles. The maximum Gasteiger partial charge on any atom is 0.254 e. The van der Waals surface area contributed by atoms with E-state index in [2.05, 4.69) is 29.1 Å². The summed E-state index contributed by atoms with van der Waals surface area (Å²) in [4.78, 5) is 31.1. The second kappa shape index (κ2) is 10.5. The highest BCUT2D eigenvalue weighted by Gasteiger charge is 2.12. The van der Waals surface area contributed by atoms with Crippen LogP contribution in [-0.4, -0.2) is 28.7 Å². The van der Waals surface area contributed by atoms with Crippen molar-refractivity contribution in [3.8, 4) is 0 Å². The molecule has 130 valence electrons. The van der Waals surface area contributed by atoms with Gasteiger partial charge in [-0.25, -0.2) is 4.98 Å². The Bertz CT molecular complexity index is 557. The third-order valence-electron chi connectivity index (χ3n) is 4.13. The minimum absolute atomic E-state index is 0.00712. The summed E-state index contributed by atoms with van der Waals surface area (Å²) in [5, 5.41) is 3.61. The van der Waals surface area contributed by atoms with Gasteiger partial charge in [-0.2, -0.15) is 0 Å². The molecule has 1 heterocycles. The number of carbonyl (C=O) groups is 1. The average Bonchev–Trinajstić information content (AvgIpc) is 2.54. The number of H-pyrrole nitrogens is 1. The van der Waals surface area contributed by atoms with Crippen LogP contribution < -0.4 is 10.9 Å². The zero-order valence-corrected chi connectivity index (χ0v) is 15.5. The van der Waals surface area contributed by atoms with Crippen molar-refractivity contribution in [1.82, 2.24) is 15.3 Å². The van der Waals surface area contributed by atoms with E-state index in [0.29, 0.717) is 35.2 Å². The average molecular weight is 340 g/mol. The Kier molecular flexibility index (Phi) is 8.99. The van der Waals surface area contributed by atoms with Gasteiger partial charge in [0.2, 0.25) is 5.91 Å². The molecule has 0 saturated carbocycles. The van der Waals surface area contributed by atoms with E-state index in [9.17, 15) is 9.59 Å². The number of aromatic amines is 1. The smallest absolute Gasteiger partial charge is 0.254 e. The molecule has 1 rings (SSSR count). The van der Waals surface area contributed by atoms with Crippen LogP contribution in [0, 0.1) is 12.8 Å². The second-order valence-electron chi connectivity index (χ2n) is 5.86. The SMILES string of the molecule is CCCCC(CC)CNC(=O)CCc1c(C)nc(SC)[nH]c1=O. The molecule has 1 aromatic rings. The number of hydrogen-bond donors (Lipinski definition) is 2. The number of nitrogens with one attached hydrogen (secondary N) is 2. The lowest BCUT2D eigenvalue weighted by molar-refractivity contribution is -0.121. The maximum atomic E-state index is 12.0. The van der Waals surface area contributed by atoms with Crippen LogP contribution >= 0.6 is 11.8 Å². The molecule has 5 nitrogen and oxygen atoms in total. The third kappa shape index (κ3) is 6.77. The lowest BCUT2D eigenvalue weighted by Crippen LogP contribution is -2.30. The van der Waals surface area contributed by atoms with Crippen molar-refractivity contribution in [2.75, 3.05) is 12.8 Å². The molecule has 2 N–H and O–H groups in total. The van der Waals surface area contributed by atoms with E-state index in [4.69, 9.17) is 0 Å².